The van der Waals surface area contributed by atoms with E-state index < -0.39 is 0 Å². The highest BCUT2D eigenvalue weighted by atomic mass is 35.5. The van der Waals surface area contributed by atoms with Crippen molar-refractivity contribution in [1.29, 1.82) is 0 Å². The standard InChI is InChI=1S/C14H21ClO2/c1-14(2,17-3)9-8-11(10-16)12-6-4-5-7-13(12)15/h4-7,11,16H,8-10H2,1-3H3. The van der Waals surface area contributed by atoms with E-state index in [4.69, 9.17) is 16.3 Å². The predicted molar refractivity (Wildman–Crippen MR) is 71.6 cm³/mol. The lowest BCUT2D eigenvalue weighted by Gasteiger charge is -2.25. The zero-order valence-electron chi connectivity index (χ0n) is 10.7. The van der Waals surface area contributed by atoms with Gasteiger partial charge in [-0.05, 0) is 38.3 Å². The molecule has 3 heteroatoms. The molecule has 1 rings (SSSR count). The Balaban J connectivity index is 2.70. The average molecular weight is 257 g/mol. The molecule has 0 saturated carbocycles. The van der Waals surface area contributed by atoms with Gasteiger partial charge in [-0.3, -0.25) is 0 Å². The van der Waals surface area contributed by atoms with Gasteiger partial charge in [-0.2, -0.15) is 0 Å². The van der Waals surface area contributed by atoms with Gasteiger partial charge in [0.25, 0.3) is 0 Å². The molecule has 17 heavy (non-hydrogen) atoms. The fourth-order valence-corrected chi connectivity index (χ4v) is 2.07. The molecule has 1 atom stereocenters. The van der Waals surface area contributed by atoms with Crippen molar-refractivity contribution in [1.82, 2.24) is 0 Å². The van der Waals surface area contributed by atoms with Gasteiger partial charge in [0.15, 0.2) is 0 Å². The Hall–Kier alpha value is -0.570. The third-order valence-electron chi connectivity index (χ3n) is 3.21. The van der Waals surface area contributed by atoms with Crippen molar-refractivity contribution >= 4 is 11.6 Å². The fourth-order valence-electron chi connectivity index (χ4n) is 1.78. The highest BCUT2D eigenvalue weighted by molar-refractivity contribution is 6.31. The fraction of sp³-hybridized carbons (Fsp3) is 0.571. The van der Waals surface area contributed by atoms with Crippen molar-refractivity contribution in [2.45, 2.75) is 38.2 Å². The van der Waals surface area contributed by atoms with Crippen LogP contribution < -0.4 is 0 Å². The van der Waals surface area contributed by atoms with E-state index in [-0.39, 0.29) is 18.1 Å². The van der Waals surface area contributed by atoms with Gasteiger partial charge >= 0.3 is 0 Å². The highest BCUT2D eigenvalue weighted by Crippen LogP contribution is 2.30. The first-order chi connectivity index (χ1) is 8.00. The number of rotatable bonds is 6. The minimum absolute atomic E-state index is 0.0816. The maximum Gasteiger partial charge on any atom is 0.0623 e. The van der Waals surface area contributed by atoms with E-state index in [0.29, 0.717) is 0 Å². The first-order valence-corrected chi connectivity index (χ1v) is 6.28. The Morgan fingerprint density at radius 1 is 1.35 bits per heavy atom. The lowest BCUT2D eigenvalue weighted by molar-refractivity contribution is 0.0111. The summed E-state index contributed by atoms with van der Waals surface area (Å²) in [5.41, 5.74) is 0.859. The quantitative estimate of drug-likeness (QED) is 0.842. The molecule has 1 unspecified atom stereocenters. The lowest BCUT2D eigenvalue weighted by atomic mass is 9.90. The van der Waals surface area contributed by atoms with E-state index in [0.717, 1.165) is 23.4 Å². The molecule has 1 aromatic carbocycles. The van der Waals surface area contributed by atoms with Gasteiger partial charge in [0, 0.05) is 24.7 Å². The summed E-state index contributed by atoms with van der Waals surface area (Å²) in [6, 6.07) is 7.69. The summed E-state index contributed by atoms with van der Waals surface area (Å²) in [4.78, 5) is 0. The normalized spacial score (nSPS) is 13.7. The maximum atomic E-state index is 9.47. The number of hydrogen-bond donors (Lipinski definition) is 1. The second-order valence-electron chi connectivity index (χ2n) is 4.90. The molecule has 1 N–H and O–H groups in total. The predicted octanol–water partition coefficient (Wildman–Crippen LogP) is 3.62. The molecule has 0 heterocycles. The number of ether oxygens (including phenoxy) is 1. The number of halogens is 1. The summed E-state index contributed by atoms with van der Waals surface area (Å²) in [5.74, 6) is 0.0816. The van der Waals surface area contributed by atoms with Crippen LogP contribution in [-0.4, -0.2) is 24.4 Å². The minimum atomic E-state index is -0.158. The lowest BCUT2D eigenvalue weighted by Crippen LogP contribution is -2.23. The molecule has 2 nitrogen and oxygen atoms in total. The third kappa shape index (κ3) is 4.30. The Kier molecular flexibility index (Phi) is 5.44. The summed E-state index contributed by atoms with van der Waals surface area (Å²) in [7, 11) is 1.71. The zero-order valence-corrected chi connectivity index (χ0v) is 11.5. The van der Waals surface area contributed by atoms with Crippen molar-refractivity contribution in [3.63, 3.8) is 0 Å². The van der Waals surface area contributed by atoms with Crippen molar-refractivity contribution in [3.8, 4) is 0 Å². The highest BCUT2D eigenvalue weighted by Gasteiger charge is 2.20. The van der Waals surface area contributed by atoms with Crippen LogP contribution in [0.1, 0.15) is 38.2 Å². The van der Waals surface area contributed by atoms with Gasteiger partial charge in [0.1, 0.15) is 0 Å². The zero-order chi connectivity index (χ0) is 12.9. The molecule has 0 radical (unpaired) electrons. The molecule has 0 saturated heterocycles. The van der Waals surface area contributed by atoms with Crippen molar-refractivity contribution < 1.29 is 9.84 Å². The van der Waals surface area contributed by atoms with Crippen LogP contribution in [0.15, 0.2) is 24.3 Å². The molecular weight excluding hydrogens is 236 g/mol. The first-order valence-electron chi connectivity index (χ1n) is 5.90. The summed E-state index contributed by atoms with van der Waals surface area (Å²) < 4.78 is 5.38. The summed E-state index contributed by atoms with van der Waals surface area (Å²) >= 11 is 6.14. The van der Waals surface area contributed by atoms with Crippen molar-refractivity contribution in [2.75, 3.05) is 13.7 Å². The van der Waals surface area contributed by atoms with Crippen LogP contribution in [0.25, 0.3) is 0 Å². The van der Waals surface area contributed by atoms with Crippen molar-refractivity contribution in [2.24, 2.45) is 0 Å². The molecule has 1 aromatic rings. The smallest absolute Gasteiger partial charge is 0.0623 e. The van der Waals surface area contributed by atoms with E-state index in [1.165, 1.54) is 0 Å². The van der Waals surface area contributed by atoms with Gasteiger partial charge in [0.05, 0.1) is 5.60 Å². The van der Waals surface area contributed by atoms with E-state index in [2.05, 4.69) is 0 Å². The van der Waals surface area contributed by atoms with Gasteiger partial charge < -0.3 is 9.84 Å². The number of hydrogen-bond acceptors (Lipinski definition) is 2. The molecule has 0 aliphatic rings. The van der Waals surface area contributed by atoms with Gasteiger partial charge in [0.2, 0.25) is 0 Å². The Bertz CT molecular complexity index is 350. The topological polar surface area (TPSA) is 29.5 Å². The van der Waals surface area contributed by atoms with Crippen LogP contribution in [-0.2, 0) is 4.74 Å². The molecule has 0 aromatic heterocycles. The van der Waals surface area contributed by atoms with E-state index >= 15 is 0 Å². The summed E-state index contributed by atoms with van der Waals surface area (Å²) in [6.07, 6.45) is 1.75. The average Bonchev–Trinajstić information content (AvgIpc) is 2.32. The van der Waals surface area contributed by atoms with Crippen LogP contribution in [0.2, 0.25) is 5.02 Å². The Labute approximate surface area is 109 Å². The molecule has 0 aliphatic carbocycles. The summed E-state index contributed by atoms with van der Waals surface area (Å²) in [6.45, 7) is 4.21. The van der Waals surface area contributed by atoms with Crippen LogP contribution in [0.3, 0.4) is 0 Å². The Morgan fingerprint density at radius 3 is 2.53 bits per heavy atom. The Morgan fingerprint density at radius 2 is 2.00 bits per heavy atom. The van der Waals surface area contributed by atoms with Crippen LogP contribution in [0, 0.1) is 0 Å². The van der Waals surface area contributed by atoms with Gasteiger partial charge in [-0.15, -0.1) is 0 Å². The molecule has 0 aliphatic heterocycles. The number of methoxy groups -OCH3 is 1. The molecule has 96 valence electrons. The molecule has 0 amide bonds. The van der Waals surface area contributed by atoms with Gasteiger partial charge in [-0.1, -0.05) is 29.8 Å². The minimum Gasteiger partial charge on any atom is -0.396 e. The van der Waals surface area contributed by atoms with Crippen LogP contribution in [0.5, 0.6) is 0 Å². The third-order valence-corrected chi connectivity index (χ3v) is 3.56. The monoisotopic (exact) mass is 256 g/mol. The molecule has 0 spiro atoms. The van der Waals surface area contributed by atoms with Gasteiger partial charge in [-0.25, -0.2) is 0 Å². The number of aliphatic hydroxyl groups is 1. The number of aliphatic hydroxyl groups excluding tert-OH is 1. The van der Waals surface area contributed by atoms with E-state index in [1.54, 1.807) is 7.11 Å². The SMILES string of the molecule is COC(C)(C)CCC(CO)c1ccccc1Cl. The first kappa shape index (κ1) is 14.5. The van der Waals surface area contributed by atoms with E-state index in [9.17, 15) is 5.11 Å². The largest absolute Gasteiger partial charge is 0.396 e. The summed E-state index contributed by atoms with van der Waals surface area (Å²) in [5, 5.41) is 10.2. The van der Waals surface area contributed by atoms with Crippen LogP contribution in [0.4, 0.5) is 0 Å². The number of benzene rings is 1. The van der Waals surface area contributed by atoms with E-state index in [1.807, 2.05) is 38.1 Å². The second kappa shape index (κ2) is 6.39. The van der Waals surface area contributed by atoms with Crippen molar-refractivity contribution in [3.05, 3.63) is 34.9 Å². The molecular formula is C14H21ClO2. The molecule has 0 fully saturated rings. The van der Waals surface area contributed by atoms with Crippen LogP contribution >= 0.6 is 11.6 Å². The maximum absolute atomic E-state index is 9.47. The second-order valence-corrected chi connectivity index (χ2v) is 5.31. The molecule has 0 bridgehead atoms.